The molecule has 1 aliphatic heterocycles. The van der Waals surface area contributed by atoms with Gasteiger partial charge in [-0.2, -0.15) is 0 Å². The van der Waals surface area contributed by atoms with Crippen molar-refractivity contribution >= 4 is 16.6 Å². The van der Waals surface area contributed by atoms with Crippen molar-refractivity contribution in [1.82, 2.24) is 0 Å². The second kappa shape index (κ2) is 6.19. The monoisotopic (exact) mass is 318 g/mol. The van der Waals surface area contributed by atoms with Crippen LogP contribution in [0.4, 0.5) is 0 Å². The fraction of sp³-hybridized carbons (Fsp3) is 0.190. The minimum Gasteiger partial charge on any atom is -0.345 e. The summed E-state index contributed by atoms with van der Waals surface area (Å²) in [5.41, 5.74) is 2.77. The lowest BCUT2D eigenvalue weighted by Gasteiger charge is -2.15. The summed E-state index contributed by atoms with van der Waals surface area (Å²) in [6.07, 6.45) is -1.05. The van der Waals surface area contributed by atoms with Gasteiger partial charge in [0.2, 0.25) is 0 Å². The van der Waals surface area contributed by atoms with E-state index < -0.39 is 12.4 Å². The summed E-state index contributed by atoms with van der Waals surface area (Å²) in [5.74, 6) is -0.0310. The molecule has 4 rings (SSSR count). The molecule has 0 amide bonds. The van der Waals surface area contributed by atoms with Crippen LogP contribution in [0, 0.1) is 6.92 Å². The first-order chi connectivity index (χ1) is 11.7. The van der Waals surface area contributed by atoms with Crippen molar-refractivity contribution in [3.63, 3.8) is 0 Å². The van der Waals surface area contributed by atoms with Gasteiger partial charge < -0.3 is 9.47 Å². The fourth-order valence-electron chi connectivity index (χ4n) is 3.19. The molecule has 3 nitrogen and oxygen atoms in total. The van der Waals surface area contributed by atoms with Gasteiger partial charge in [-0.3, -0.25) is 4.79 Å². The Hall–Kier alpha value is -2.49. The van der Waals surface area contributed by atoms with Crippen LogP contribution in [-0.2, 0) is 9.47 Å². The minimum atomic E-state index is -0.553. The largest absolute Gasteiger partial charge is 0.345 e. The van der Waals surface area contributed by atoms with E-state index in [0.29, 0.717) is 5.56 Å². The van der Waals surface area contributed by atoms with Gasteiger partial charge in [-0.1, -0.05) is 66.7 Å². The SMILES string of the molecule is Cc1c(C2OCC(C(=O)c3ccccc3)O2)ccc2ccccc12. The Morgan fingerprint density at radius 1 is 0.958 bits per heavy atom. The molecule has 24 heavy (non-hydrogen) atoms. The van der Waals surface area contributed by atoms with Crippen LogP contribution in [0.2, 0.25) is 0 Å². The van der Waals surface area contributed by atoms with Gasteiger partial charge in [0, 0.05) is 11.1 Å². The lowest BCUT2D eigenvalue weighted by molar-refractivity contribution is -0.0555. The number of fused-ring (bicyclic) bond motifs is 1. The number of ether oxygens (including phenoxy) is 2. The van der Waals surface area contributed by atoms with E-state index in [0.717, 1.165) is 11.1 Å². The van der Waals surface area contributed by atoms with Crippen molar-refractivity contribution in [2.24, 2.45) is 0 Å². The Morgan fingerprint density at radius 3 is 2.54 bits per heavy atom. The third-order valence-corrected chi connectivity index (χ3v) is 4.53. The molecule has 1 saturated heterocycles. The van der Waals surface area contributed by atoms with E-state index >= 15 is 0 Å². The molecule has 0 radical (unpaired) electrons. The highest BCUT2D eigenvalue weighted by Gasteiger charge is 2.33. The van der Waals surface area contributed by atoms with E-state index in [1.807, 2.05) is 36.4 Å². The number of rotatable bonds is 3. The molecule has 0 saturated carbocycles. The number of hydrogen-bond acceptors (Lipinski definition) is 3. The van der Waals surface area contributed by atoms with Crippen LogP contribution < -0.4 is 0 Å². The molecule has 1 fully saturated rings. The molecule has 1 heterocycles. The van der Waals surface area contributed by atoms with Crippen LogP contribution in [0.25, 0.3) is 10.8 Å². The lowest BCUT2D eigenvalue weighted by Crippen LogP contribution is -2.22. The molecule has 0 N–H and O–H groups in total. The Balaban J connectivity index is 1.59. The van der Waals surface area contributed by atoms with Gasteiger partial charge in [0.15, 0.2) is 12.1 Å². The molecule has 3 heteroatoms. The van der Waals surface area contributed by atoms with Crippen LogP contribution in [0.15, 0.2) is 66.7 Å². The Bertz CT molecular complexity index is 886. The lowest BCUT2D eigenvalue weighted by atomic mass is 10.00. The van der Waals surface area contributed by atoms with Crippen LogP contribution >= 0.6 is 0 Å². The van der Waals surface area contributed by atoms with Crippen LogP contribution in [0.1, 0.15) is 27.8 Å². The van der Waals surface area contributed by atoms with Gasteiger partial charge in [0.1, 0.15) is 6.10 Å². The Kier molecular flexibility index (Phi) is 3.89. The number of carbonyl (C=O) groups is 1. The molecule has 0 aromatic heterocycles. The molecular weight excluding hydrogens is 300 g/mol. The third kappa shape index (κ3) is 2.62. The van der Waals surface area contributed by atoms with E-state index in [1.54, 1.807) is 12.1 Å². The molecule has 1 aliphatic rings. The highest BCUT2D eigenvalue weighted by atomic mass is 16.7. The van der Waals surface area contributed by atoms with E-state index in [-0.39, 0.29) is 12.4 Å². The molecule has 2 atom stereocenters. The highest BCUT2D eigenvalue weighted by Crippen LogP contribution is 2.33. The average Bonchev–Trinajstić information content (AvgIpc) is 3.12. The number of carbonyl (C=O) groups excluding carboxylic acids is 1. The molecule has 120 valence electrons. The second-order valence-electron chi connectivity index (χ2n) is 6.02. The maximum atomic E-state index is 12.5. The first kappa shape index (κ1) is 15.1. The van der Waals surface area contributed by atoms with Crippen molar-refractivity contribution in [3.05, 3.63) is 83.4 Å². The zero-order valence-corrected chi connectivity index (χ0v) is 13.4. The standard InChI is InChI=1S/C21H18O3/c1-14-17-10-6-5-7-15(17)11-12-18(14)21-23-13-19(24-21)20(22)16-8-3-2-4-9-16/h2-12,19,21H,13H2,1H3. The number of ketones is 1. The van der Waals surface area contributed by atoms with Crippen molar-refractivity contribution in [2.75, 3.05) is 6.61 Å². The van der Waals surface area contributed by atoms with Gasteiger partial charge in [-0.25, -0.2) is 0 Å². The molecule has 3 aromatic carbocycles. The van der Waals surface area contributed by atoms with Crippen molar-refractivity contribution in [1.29, 1.82) is 0 Å². The van der Waals surface area contributed by atoms with Gasteiger partial charge in [0.25, 0.3) is 0 Å². The minimum absolute atomic E-state index is 0.0310. The summed E-state index contributed by atoms with van der Waals surface area (Å²) in [6.45, 7) is 2.35. The summed E-state index contributed by atoms with van der Waals surface area (Å²) in [5, 5.41) is 2.37. The normalized spacial score (nSPS) is 20.4. The zero-order valence-electron chi connectivity index (χ0n) is 13.4. The molecule has 0 aliphatic carbocycles. The second-order valence-corrected chi connectivity index (χ2v) is 6.02. The number of Topliss-reactive ketones (excluding diaryl/α,β-unsaturated/α-hetero) is 1. The first-order valence-corrected chi connectivity index (χ1v) is 8.08. The smallest absolute Gasteiger partial charge is 0.194 e. The van der Waals surface area contributed by atoms with E-state index in [9.17, 15) is 4.79 Å². The maximum Gasteiger partial charge on any atom is 0.194 e. The summed E-state index contributed by atoms with van der Waals surface area (Å²) in [7, 11) is 0. The average molecular weight is 318 g/mol. The fourth-order valence-corrected chi connectivity index (χ4v) is 3.19. The Morgan fingerprint density at radius 2 is 1.71 bits per heavy atom. The van der Waals surface area contributed by atoms with Gasteiger partial charge in [0.05, 0.1) is 6.61 Å². The predicted molar refractivity (Wildman–Crippen MR) is 93.0 cm³/mol. The van der Waals surface area contributed by atoms with E-state index in [2.05, 4.69) is 25.1 Å². The van der Waals surface area contributed by atoms with Crippen molar-refractivity contribution in [2.45, 2.75) is 19.3 Å². The van der Waals surface area contributed by atoms with Crippen LogP contribution in [0.5, 0.6) is 0 Å². The zero-order chi connectivity index (χ0) is 16.5. The predicted octanol–water partition coefficient (Wildman–Crippen LogP) is 4.45. The topological polar surface area (TPSA) is 35.5 Å². The van der Waals surface area contributed by atoms with Gasteiger partial charge in [-0.05, 0) is 23.3 Å². The third-order valence-electron chi connectivity index (χ3n) is 4.53. The molecule has 2 unspecified atom stereocenters. The molecular formula is C21H18O3. The van der Waals surface area contributed by atoms with Gasteiger partial charge in [-0.15, -0.1) is 0 Å². The number of benzene rings is 3. The molecule has 0 bridgehead atoms. The van der Waals surface area contributed by atoms with E-state index in [4.69, 9.17) is 9.47 Å². The number of hydrogen-bond donors (Lipinski definition) is 0. The summed E-state index contributed by atoms with van der Waals surface area (Å²) in [4.78, 5) is 12.5. The van der Waals surface area contributed by atoms with Crippen LogP contribution in [-0.4, -0.2) is 18.5 Å². The van der Waals surface area contributed by atoms with Gasteiger partial charge >= 0.3 is 0 Å². The van der Waals surface area contributed by atoms with Crippen LogP contribution in [0.3, 0.4) is 0 Å². The highest BCUT2D eigenvalue weighted by molar-refractivity contribution is 5.99. The first-order valence-electron chi connectivity index (χ1n) is 8.08. The maximum absolute atomic E-state index is 12.5. The molecule has 3 aromatic rings. The summed E-state index contributed by atoms with van der Waals surface area (Å²) < 4.78 is 11.7. The van der Waals surface area contributed by atoms with Crippen molar-refractivity contribution in [3.8, 4) is 0 Å². The molecule has 0 spiro atoms. The number of aryl methyl sites for hydroxylation is 1. The summed E-state index contributed by atoms with van der Waals surface area (Å²) >= 11 is 0. The summed E-state index contributed by atoms with van der Waals surface area (Å²) in [6, 6.07) is 21.5. The Labute approximate surface area is 140 Å². The quantitative estimate of drug-likeness (QED) is 0.670. The van der Waals surface area contributed by atoms with E-state index in [1.165, 1.54) is 10.8 Å². The van der Waals surface area contributed by atoms with Crippen molar-refractivity contribution < 1.29 is 14.3 Å².